The Hall–Kier alpha value is -2.77. The topological polar surface area (TPSA) is 94.2 Å². The molecule has 0 unspecified atom stereocenters. The van der Waals surface area contributed by atoms with Crippen LogP contribution in [-0.2, 0) is 19.1 Å². The predicted octanol–water partition coefficient (Wildman–Crippen LogP) is 0.990. The summed E-state index contributed by atoms with van der Waals surface area (Å²) in [4.78, 5) is 36.6. The lowest BCUT2D eigenvalue weighted by atomic mass is 10.1. The Morgan fingerprint density at radius 3 is 2.27 bits per heavy atom. The van der Waals surface area contributed by atoms with Crippen molar-refractivity contribution in [1.82, 2.24) is 10.2 Å². The van der Waals surface area contributed by atoms with Gasteiger partial charge in [0.15, 0.2) is 24.7 Å². The first-order valence-corrected chi connectivity index (χ1v) is 8.09. The van der Waals surface area contributed by atoms with E-state index in [4.69, 9.17) is 14.2 Å². The van der Waals surface area contributed by atoms with Gasteiger partial charge in [0.25, 0.3) is 5.91 Å². The number of carbonyl (C=O) groups excluding carboxylic acids is 3. The molecule has 1 N–H and O–H groups in total. The Balaban J connectivity index is 2.37. The Morgan fingerprint density at radius 1 is 1.08 bits per heavy atom. The number of esters is 1. The lowest BCUT2D eigenvalue weighted by Gasteiger charge is -2.23. The monoisotopic (exact) mass is 366 g/mol. The zero-order chi connectivity index (χ0) is 19.7. The van der Waals surface area contributed by atoms with Gasteiger partial charge in [0, 0.05) is 12.6 Å². The van der Waals surface area contributed by atoms with Crippen LogP contribution in [0.4, 0.5) is 0 Å². The number of amides is 2. The standard InChI is InChI=1S/C18H26N2O6/c1-18(2,3)19-15(21)10-20(4)16(22)11-26-17(23)12-25-14-9-7-6-8-13(14)24-5/h6-9H,10-12H2,1-5H3,(H,19,21). The van der Waals surface area contributed by atoms with Gasteiger partial charge in [0.2, 0.25) is 5.91 Å². The van der Waals surface area contributed by atoms with Crippen molar-refractivity contribution in [2.45, 2.75) is 26.3 Å². The van der Waals surface area contributed by atoms with E-state index in [0.29, 0.717) is 11.5 Å². The second-order valence-electron chi connectivity index (χ2n) is 6.65. The first kappa shape index (κ1) is 21.3. The fraction of sp³-hybridized carbons (Fsp3) is 0.500. The second-order valence-corrected chi connectivity index (χ2v) is 6.65. The van der Waals surface area contributed by atoms with Crippen LogP contribution in [0.5, 0.6) is 11.5 Å². The normalized spacial score (nSPS) is 10.7. The summed E-state index contributed by atoms with van der Waals surface area (Å²) in [7, 11) is 2.95. The van der Waals surface area contributed by atoms with Crippen molar-refractivity contribution in [3.63, 3.8) is 0 Å². The maximum atomic E-state index is 11.9. The van der Waals surface area contributed by atoms with Crippen molar-refractivity contribution in [3.05, 3.63) is 24.3 Å². The first-order valence-electron chi connectivity index (χ1n) is 8.09. The molecular formula is C18H26N2O6. The molecule has 26 heavy (non-hydrogen) atoms. The fourth-order valence-corrected chi connectivity index (χ4v) is 1.93. The van der Waals surface area contributed by atoms with Crippen LogP contribution in [0, 0.1) is 0 Å². The molecule has 2 amide bonds. The van der Waals surface area contributed by atoms with E-state index in [9.17, 15) is 14.4 Å². The van der Waals surface area contributed by atoms with Crippen LogP contribution in [0.3, 0.4) is 0 Å². The van der Waals surface area contributed by atoms with Gasteiger partial charge >= 0.3 is 5.97 Å². The number of hydrogen-bond donors (Lipinski definition) is 1. The lowest BCUT2D eigenvalue weighted by Crippen LogP contribution is -2.47. The molecule has 0 bridgehead atoms. The molecule has 8 heteroatoms. The number of benzene rings is 1. The van der Waals surface area contributed by atoms with E-state index in [2.05, 4.69) is 5.32 Å². The largest absolute Gasteiger partial charge is 0.493 e. The molecule has 0 aromatic heterocycles. The Bertz CT molecular complexity index is 639. The summed E-state index contributed by atoms with van der Waals surface area (Å²) in [6.45, 7) is 4.59. The van der Waals surface area contributed by atoms with Crippen molar-refractivity contribution in [2.24, 2.45) is 0 Å². The van der Waals surface area contributed by atoms with Crippen LogP contribution in [0.15, 0.2) is 24.3 Å². The Kier molecular flexibility index (Phi) is 7.89. The number of nitrogens with zero attached hydrogens (tertiary/aromatic N) is 1. The zero-order valence-corrected chi connectivity index (χ0v) is 15.8. The molecule has 0 radical (unpaired) electrons. The second kappa shape index (κ2) is 9.65. The maximum absolute atomic E-state index is 11.9. The van der Waals surface area contributed by atoms with E-state index in [1.165, 1.54) is 19.1 Å². The number of rotatable bonds is 8. The van der Waals surface area contributed by atoms with Crippen LogP contribution < -0.4 is 14.8 Å². The third-order valence-corrected chi connectivity index (χ3v) is 3.09. The Labute approximate surface area is 153 Å². The number of methoxy groups -OCH3 is 1. The first-order chi connectivity index (χ1) is 12.1. The van der Waals surface area contributed by atoms with Crippen LogP contribution in [0.1, 0.15) is 20.8 Å². The molecule has 0 spiro atoms. The average molecular weight is 366 g/mol. The quantitative estimate of drug-likeness (QED) is 0.690. The molecule has 0 heterocycles. The van der Waals surface area contributed by atoms with Gasteiger partial charge in [-0.15, -0.1) is 0 Å². The number of nitrogens with one attached hydrogen (secondary N) is 1. The van der Waals surface area contributed by atoms with Gasteiger partial charge in [-0.1, -0.05) is 12.1 Å². The van der Waals surface area contributed by atoms with Gasteiger partial charge in [0.05, 0.1) is 13.7 Å². The minimum atomic E-state index is -0.697. The third kappa shape index (κ3) is 7.87. The molecular weight excluding hydrogens is 340 g/mol. The number of para-hydroxylation sites is 2. The molecule has 1 aromatic carbocycles. The van der Waals surface area contributed by atoms with Crippen LogP contribution in [0.2, 0.25) is 0 Å². The summed E-state index contributed by atoms with van der Waals surface area (Å²) in [5, 5.41) is 2.75. The van der Waals surface area contributed by atoms with E-state index in [1.807, 2.05) is 20.8 Å². The summed E-state index contributed by atoms with van der Waals surface area (Å²) >= 11 is 0. The van der Waals surface area contributed by atoms with Gasteiger partial charge in [-0.05, 0) is 32.9 Å². The van der Waals surface area contributed by atoms with E-state index in [1.54, 1.807) is 24.3 Å². The molecule has 0 fully saturated rings. The highest BCUT2D eigenvalue weighted by Gasteiger charge is 2.19. The number of hydrogen-bond acceptors (Lipinski definition) is 6. The molecule has 1 rings (SSSR count). The SMILES string of the molecule is COc1ccccc1OCC(=O)OCC(=O)N(C)CC(=O)NC(C)(C)C. The fourth-order valence-electron chi connectivity index (χ4n) is 1.93. The van der Waals surface area contributed by atoms with Gasteiger partial charge in [-0.2, -0.15) is 0 Å². The van der Waals surface area contributed by atoms with Gasteiger partial charge in [-0.3, -0.25) is 9.59 Å². The molecule has 1 aromatic rings. The van der Waals surface area contributed by atoms with E-state index >= 15 is 0 Å². The number of likely N-dealkylation sites (N-methyl/N-ethyl adjacent to an activating group) is 1. The maximum Gasteiger partial charge on any atom is 0.344 e. The highest BCUT2D eigenvalue weighted by atomic mass is 16.6. The van der Waals surface area contributed by atoms with E-state index in [0.717, 1.165) is 0 Å². The van der Waals surface area contributed by atoms with E-state index < -0.39 is 18.5 Å². The minimum Gasteiger partial charge on any atom is -0.493 e. The summed E-state index contributed by atoms with van der Waals surface area (Å²) < 4.78 is 15.3. The number of carbonyl (C=O) groups is 3. The van der Waals surface area contributed by atoms with Gasteiger partial charge in [-0.25, -0.2) is 4.79 Å². The summed E-state index contributed by atoms with van der Waals surface area (Å²) in [5.41, 5.74) is -0.386. The zero-order valence-electron chi connectivity index (χ0n) is 15.8. The lowest BCUT2D eigenvalue weighted by molar-refractivity contribution is -0.153. The van der Waals surface area contributed by atoms with Crippen molar-refractivity contribution in [1.29, 1.82) is 0 Å². The van der Waals surface area contributed by atoms with Crippen LogP contribution in [0.25, 0.3) is 0 Å². The Morgan fingerprint density at radius 2 is 1.69 bits per heavy atom. The summed E-state index contributed by atoms with van der Waals surface area (Å²) in [6, 6.07) is 6.86. The smallest absolute Gasteiger partial charge is 0.344 e. The molecule has 0 saturated heterocycles. The highest BCUT2D eigenvalue weighted by Crippen LogP contribution is 2.25. The molecule has 0 aliphatic carbocycles. The molecule has 0 atom stereocenters. The van der Waals surface area contributed by atoms with Gasteiger partial charge < -0.3 is 24.4 Å². The molecule has 0 saturated carbocycles. The van der Waals surface area contributed by atoms with Crippen molar-refractivity contribution >= 4 is 17.8 Å². The average Bonchev–Trinajstić information content (AvgIpc) is 2.56. The number of ether oxygens (including phenoxy) is 3. The van der Waals surface area contributed by atoms with Crippen LogP contribution in [-0.4, -0.2) is 62.1 Å². The molecule has 8 nitrogen and oxygen atoms in total. The highest BCUT2D eigenvalue weighted by molar-refractivity contribution is 5.86. The molecule has 0 aliphatic heterocycles. The molecule has 144 valence electrons. The molecule has 0 aliphatic rings. The van der Waals surface area contributed by atoms with E-state index in [-0.39, 0.29) is 24.6 Å². The van der Waals surface area contributed by atoms with Crippen LogP contribution >= 0.6 is 0 Å². The van der Waals surface area contributed by atoms with Crippen molar-refractivity contribution in [3.8, 4) is 11.5 Å². The van der Waals surface area contributed by atoms with Gasteiger partial charge in [0.1, 0.15) is 0 Å². The minimum absolute atomic E-state index is 0.120. The summed E-state index contributed by atoms with van der Waals surface area (Å²) in [6.07, 6.45) is 0. The van der Waals surface area contributed by atoms with Crippen molar-refractivity contribution < 1.29 is 28.6 Å². The summed E-state index contributed by atoms with van der Waals surface area (Å²) in [5.74, 6) is -0.592. The van der Waals surface area contributed by atoms with Crippen molar-refractivity contribution in [2.75, 3.05) is 33.9 Å². The predicted molar refractivity (Wildman–Crippen MR) is 95.0 cm³/mol. The third-order valence-electron chi connectivity index (χ3n) is 3.09.